The molecule has 1 aliphatic rings. The Balaban J connectivity index is 1.90. The fourth-order valence-electron chi connectivity index (χ4n) is 2.52. The van der Waals surface area contributed by atoms with Crippen molar-refractivity contribution in [3.8, 4) is 11.3 Å². The number of likely N-dealkylation sites (N-methyl/N-ethyl adjacent to an activating group) is 1. The molecule has 0 saturated carbocycles. The lowest BCUT2D eigenvalue weighted by atomic mass is 10.1. The minimum atomic E-state index is -0.284. The number of rotatable bonds is 3. The van der Waals surface area contributed by atoms with Crippen LogP contribution in [0.5, 0.6) is 0 Å². The first-order valence-corrected chi connectivity index (χ1v) is 6.90. The quantitative estimate of drug-likeness (QED) is 0.805. The second kappa shape index (κ2) is 5.52. The van der Waals surface area contributed by atoms with Crippen LogP contribution in [-0.2, 0) is 22.4 Å². The summed E-state index contributed by atoms with van der Waals surface area (Å²) in [4.78, 5) is 22.5. The highest BCUT2D eigenvalue weighted by Crippen LogP contribution is 2.28. The number of nitrogens with zero attached hydrogens (tertiary/aromatic N) is 3. The van der Waals surface area contributed by atoms with Crippen LogP contribution in [-0.4, -0.2) is 36.6 Å². The van der Waals surface area contributed by atoms with Gasteiger partial charge in [-0.3, -0.25) is 9.78 Å². The van der Waals surface area contributed by atoms with Crippen molar-refractivity contribution >= 4 is 11.8 Å². The number of hydrogen-bond donors (Lipinski definition) is 0. The number of carbonyl (C=O) groups excluding carboxylic acids is 1. The third kappa shape index (κ3) is 2.72. The van der Waals surface area contributed by atoms with Gasteiger partial charge in [-0.05, 0) is 30.2 Å². The van der Waals surface area contributed by atoms with Crippen LogP contribution in [0.2, 0.25) is 0 Å². The maximum Gasteiger partial charge on any atom is 0.311 e. The summed E-state index contributed by atoms with van der Waals surface area (Å²) in [6.45, 7) is 1.00. The van der Waals surface area contributed by atoms with E-state index < -0.39 is 0 Å². The summed E-state index contributed by atoms with van der Waals surface area (Å²) in [5, 5.41) is 0. The van der Waals surface area contributed by atoms with E-state index in [1.54, 1.807) is 0 Å². The molecule has 2 aromatic rings. The second-order valence-electron chi connectivity index (χ2n) is 5.15. The highest BCUT2D eigenvalue weighted by molar-refractivity contribution is 5.72. The Hall–Kier alpha value is -2.43. The zero-order chi connectivity index (χ0) is 14.8. The molecule has 0 fully saturated rings. The highest BCUT2D eigenvalue weighted by Gasteiger charge is 2.18. The molecular formula is C16H17N3O2. The summed E-state index contributed by atoms with van der Waals surface area (Å²) >= 11 is 0. The maximum atomic E-state index is 11.3. The Kier molecular flexibility index (Phi) is 3.56. The van der Waals surface area contributed by atoms with Gasteiger partial charge in [0.2, 0.25) is 0 Å². The van der Waals surface area contributed by atoms with Gasteiger partial charge in [0.05, 0.1) is 24.9 Å². The van der Waals surface area contributed by atoms with Gasteiger partial charge in [-0.15, -0.1) is 0 Å². The monoisotopic (exact) mass is 283 g/mol. The normalized spacial score (nSPS) is 13.1. The van der Waals surface area contributed by atoms with E-state index in [0.717, 1.165) is 30.0 Å². The third-order valence-electron chi connectivity index (χ3n) is 3.68. The Morgan fingerprint density at radius 3 is 3.10 bits per heavy atom. The van der Waals surface area contributed by atoms with E-state index in [-0.39, 0.29) is 12.4 Å². The van der Waals surface area contributed by atoms with Crippen LogP contribution in [0, 0.1) is 0 Å². The minimum absolute atomic E-state index is 0.186. The summed E-state index contributed by atoms with van der Waals surface area (Å²) in [6.07, 6.45) is 3.03. The van der Waals surface area contributed by atoms with E-state index in [9.17, 15) is 4.79 Å². The molecule has 0 saturated heterocycles. The van der Waals surface area contributed by atoms with Crippen molar-refractivity contribution in [2.45, 2.75) is 12.8 Å². The largest absolute Gasteiger partial charge is 0.469 e. The Morgan fingerprint density at radius 2 is 2.29 bits per heavy atom. The smallest absolute Gasteiger partial charge is 0.311 e. The number of anilines is 1. The lowest BCUT2D eigenvalue weighted by Crippen LogP contribution is -2.13. The molecule has 0 unspecified atom stereocenters. The van der Waals surface area contributed by atoms with Gasteiger partial charge in [-0.1, -0.05) is 6.07 Å². The van der Waals surface area contributed by atoms with Gasteiger partial charge in [0.15, 0.2) is 0 Å². The van der Waals surface area contributed by atoms with Crippen LogP contribution in [0.4, 0.5) is 5.82 Å². The summed E-state index contributed by atoms with van der Waals surface area (Å²) in [6, 6.07) is 7.80. The number of hydrogen-bond acceptors (Lipinski definition) is 5. The fourth-order valence-corrected chi connectivity index (χ4v) is 2.52. The standard InChI is InChI=1S/C16H17N3O2/c1-19-7-6-11-8-12(10-17-16(11)19)14-5-3-4-13(18-14)9-15(20)21-2/h3-5,8,10H,6-7,9H2,1-2H3. The molecule has 0 N–H and O–H groups in total. The molecule has 5 nitrogen and oxygen atoms in total. The molecule has 21 heavy (non-hydrogen) atoms. The van der Waals surface area contributed by atoms with Crippen molar-refractivity contribution in [1.29, 1.82) is 0 Å². The molecule has 2 aromatic heterocycles. The first kappa shape index (κ1) is 13.5. The summed E-state index contributed by atoms with van der Waals surface area (Å²) < 4.78 is 4.68. The second-order valence-corrected chi connectivity index (χ2v) is 5.15. The van der Waals surface area contributed by atoms with E-state index in [4.69, 9.17) is 0 Å². The predicted octanol–water partition coefficient (Wildman–Crippen LogP) is 1.85. The highest BCUT2D eigenvalue weighted by atomic mass is 16.5. The zero-order valence-electron chi connectivity index (χ0n) is 12.2. The predicted molar refractivity (Wildman–Crippen MR) is 80.2 cm³/mol. The van der Waals surface area contributed by atoms with Gasteiger partial charge >= 0.3 is 5.97 Å². The lowest BCUT2D eigenvalue weighted by molar-refractivity contribution is -0.139. The fraction of sp³-hybridized carbons (Fsp3) is 0.312. The Labute approximate surface area is 123 Å². The average molecular weight is 283 g/mol. The number of esters is 1. The molecule has 3 heterocycles. The molecule has 1 aliphatic heterocycles. The van der Waals surface area contributed by atoms with Crippen molar-refractivity contribution in [3.05, 3.63) is 41.7 Å². The summed E-state index contributed by atoms with van der Waals surface area (Å²) in [5.41, 5.74) is 3.77. The molecular weight excluding hydrogens is 266 g/mol. The molecule has 0 spiro atoms. The van der Waals surface area contributed by atoms with Crippen molar-refractivity contribution in [2.24, 2.45) is 0 Å². The number of methoxy groups -OCH3 is 1. The molecule has 3 rings (SSSR count). The zero-order valence-corrected chi connectivity index (χ0v) is 12.2. The van der Waals surface area contributed by atoms with Gasteiger partial charge in [-0.25, -0.2) is 4.98 Å². The van der Waals surface area contributed by atoms with Gasteiger partial charge in [0.1, 0.15) is 5.82 Å². The van der Waals surface area contributed by atoms with Crippen LogP contribution in [0.3, 0.4) is 0 Å². The van der Waals surface area contributed by atoms with E-state index >= 15 is 0 Å². The number of carbonyl (C=O) groups is 1. The molecule has 0 aliphatic carbocycles. The average Bonchev–Trinajstić information content (AvgIpc) is 2.88. The van der Waals surface area contributed by atoms with E-state index in [2.05, 4.69) is 25.7 Å². The van der Waals surface area contributed by atoms with Crippen molar-refractivity contribution in [1.82, 2.24) is 9.97 Å². The maximum absolute atomic E-state index is 11.3. The SMILES string of the molecule is COC(=O)Cc1cccc(-c2cnc3c(c2)CCN3C)n1. The van der Waals surface area contributed by atoms with Crippen LogP contribution in [0.1, 0.15) is 11.3 Å². The van der Waals surface area contributed by atoms with Crippen molar-refractivity contribution in [3.63, 3.8) is 0 Å². The number of ether oxygens (including phenoxy) is 1. The van der Waals surface area contributed by atoms with Gasteiger partial charge < -0.3 is 9.64 Å². The number of aromatic nitrogens is 2. The molecule has 0 bridgehead atoms. The van der Waals surface area contributed by atoms with Crippen LogP contribution < -0.4 is 4.90 Å². The van der Waals surface area contributed by atoms with Gasteiger partial charge in [0.25, 0.3) is 0 Å². The molecule has 108 valence electrons. The lowest BCUT2D eigenvalue weighted by Gasteiger charge is -2.11. The summed E-state index contributed by atoms with van der Waals surface area (Å²) in [5.74, 6) is 0.762. The Morgan fingerprint density at radius 1 is 1.43 bits per heavy atom. The van der Waals surface area contributed by atoms with E-state index in [0.29, 0.717) is 5.69 Å². The Bertz CT molecular complexity index is 685. The van der Waals surface area contributed by atoms with Crippen LogP contribution in [0.15, 0.2) is 30.5 Å². The van der Waals surface area contributed by atoms with Gasteiger partial charge in [0, 0.05) is 25.4 Å². The summed E-state index contributed by atoms with van der Waals surface area (Å²) in [7, 11) is 3.43. The van der Waals surface area contributed by atoms with Crippen molar-refractivity contribution < 1.29 is 9.53 Å². The first-order valence-electron chi connectivity index (χ1n) is 6.90. The molecule has 0 amide bonds. The molecule has 0 radical (unpaired) electrons. The van der Waals surface area contributed by atoms with E-state index in [1.165, 1.54) is 12.7 Å². The number of pyridine rings is 2. The van der Waals surface area contributed by atoms with Gasteiger partial charge in [-0.2, -0.15) is 0 Å². The van der Waals surface area contributed by atoms with Crippen LogP contribution >= 0.6 is 0 Å². The molecule has 0 aromatic carbocycles. The van der Waals surface area contributed by atoms with Crippen molar-refractivity contribution in [2.75, 3.05) is 25.6 Å². The van der Waals surface area contributed by atoms with E-state index in [1.807, 2.05) is 31.4 Å². The topological polar surface area (TPSA) is 55.3 Å². The first-order chi connectivity index (χ1) is 10.2. The van der Waals surface area contributed by atoms with Crippen LogP contribution in [0.25, 0.3) is 11.3 Å². The molecule has 5 heteroatoms. The number of fused-ring (bicyclic) bond motifs is 1. The molecule has 0 atom stereocenters. The third-order valence-corrected chi connectivity index (χ3v) is 3.68. The minimum Gasteiger partial charge on any atom is -0.469 e.